The van der Waals surface area contributed by atoms with Crippen LogP contribution in [0.15, 0.2) is 71.2 Å². The van der Waals surface area contributed by atoms with Crippen LogP contribution in [0, 0.1) is 29.1 Å². The summed E-state index contributed by atoms with van der Waals surface area (Å²) in [5, 5.41) is 3.62. The molecule has 6 rings (SSSR count). The Morgan fingerprint density at radius 2 is 1.71 bits per heavy atom. The number of ether oxygens (including phenoxy) is 1. The van der Waals surface area contributed by atoms with Crippen molar-refractivity contribution in [3.63, 3.8) is 0 Å². The van der Waals surface area contributed by atoms with Gasteiger partial charge in [0.2, 0.25) is 11.8 Å². The van der Waals surface area contributed by atoms with Crippen molar-refractivity contribution in [1.82, 2.24) is 10.2 Å². The first-order valence-corrected chi connectivity index (χ1v) is 12.3. The summed E-state index contributed by atoms with van der Waals surface area (Å²) in [6.45, 7) is 0. The summed E-state index contributed by atoms with van der Waals surface area (Å²) in [6, 6.07) is 17.0. The van der Waals surface area contributed by atoms with Crippen LogP contribution in [0.2, 0.25) is 0 Å². The highest BCUT2D eigenvalue weighted by molar-refractivity contribution is 9.10. The Hall–Kier alpha value is -2.77. The van der Waals surface area contributed by atoms with E-state index in [1.54, 1.807) is 7.05 Å². The molecule has 8 atom stereocenters. The van der Waals surface area contributed by atoms with Gasteiger partial charge in [0, 0.05) is 28.9 Å². The third-order valence-corrected chi connectivity index (χ3v) is 9.09. The van der Waals surface area contributed by atoms with E-state index in [9.17, 15) is 14.4 Å². The summed E-state index contributed by atoms with van der Waals surface area (Å²) in [7, 11) is 2.98. The van der Waals surface area contributed by atoms with Gasteiger partial charge in [-0.3, -0.25) is 24.6 Å². The number of piperidine rings is 1. The number of imide groups is 1. The molecule has 34 heavy (non-hydrogen) atoms. The third-order valence-electron chi connectivity index (χ3n) is 8.56. The monoisotopic (exact) mass is 520 g/mol. The number of halogens is 1. The number of fused-ring (bicyclic) bond motifs is 2. The highest BCUT2D eigenvalue weighted by Crippen LogP contribution is 2.72. The average molecular weight is 521 g/mol. The van der Waals surface area contributed by atoms with Crippen molar-refractivity contribution in [3.8, 4) is 0 Å². The lowest BCUT2D eigenvalue weighted by Crippen LogP contribution is -2.60. The number of hydrogen-bond acceptors (Lipinski definition) is 5. The zero-order chi connectivity index (χ0) is 23.8. The van der Waals surface area contributed by atoms with E-state index in [2.05, 4.69) is 33.4 Å². The van der Waals surface area contributed by atoms with Crippen LogP contribution in [0.3, 0.4) is 0 Å². The molecule has 0 unspecified atom stereocenters. The predicted molar refractivity (Wildman–Crippen MR) is 128 cm³/mol. The van der Waals surface area contributed by atoms with Gasteiger partial charge in [0.25, 0.3) is 0 Å². The van der Waals surface area contributed by atoms with E-state index in [1.807, 2.05) is 54.6 Å². The van der Waals surface area contributed by atoms with Gasteiger partial charge in [0.1, 0.15) is 6.04 Å². The van der Waals surface area contributed by atoms with Gasteiger partial charge in [0.15, 0.2) is 0 Å². The van der Waals surface area contributed by atoms with Crippen molar-refractivity contribution in [2.45, 2.75) is 18.0 Å². The first-order chi connectivity index (χ1) is 16.4. The molecule has 4 aliphatic rings. The zero-order valence-corrected chi connectivity index (χ0v) is 20.4. The van der Waals surface area contributed by atoms with Gasteiger partial charge in [-0.25, -0.2) is 0 Å². The Kier molecular flexibility index (Phi) is 4.87. The molecule has 0 radical (unpaired) electrons. The molecule has 6 nitrogen and oxygen atoms in total. The zero-order valence-electron chi connectivity index (χ0n) is 18.9. The van der Waals surface area contributed by atoms with Crippen LogP contribution in [0.1, 0.15) is 23.1 Å². The van der Waals surface area contributed by atoms with Crippen LogP contribution in [0.5, 0.6) is 0 Å². The molecular formula is C27H25BrN2O4. The molecule has 1 saturated carbocycles. The largest absolute Gasteiger partial charge is 0.468 e. The van der Waals surface area contributed by atoms with Crippen LogP contribution in [0.4, 0.5) is 0 Å². The normalized spacial score (nSPS) is 37.6. The minimum atomic E-state index is -0.684. The Morgan fingerprint density at radius 3 is 2.38 bits per heavy atom. The number of carbonyl (C=O) groups excluding carboxylic acids is 3. The van der Waals surface area contributed by atoms with Crippen molar-refractivity contribution in [2.24, 2.45) is 29.1 Å². The van der Waals surface area contributed by atoms with Gasteiger partial charge in [-0.2, -0.15) is 0 Å². The predicted octanol–water partition coefficient (Wildman–Crippen LogP) is 3.45. The van der Waals surface area contributed by atoms with E-state index in [1.165, 1.54) is 12.0 Å². The molecule has 0 aromatic heterocycles. The van der Waals surface area contributed by atoms with Crippen molar-refractivity contribution in [1.29, 1.82) is 0 Å². The fourth-order valence-corrected chi connectivity index (χ4v) is 7.65. The summed E-state index contributed by atoms with van der Waals surface area (Å²) in [5.74, 6) is -2.01. The highest BCUT2D eigenvalue weighted by atomic mass is 79.9. The molecule has 174 valence electrons. The maximum Gasteiger partial charge on any atom is 0.323 e. The number of rotatable bonds is 3. The number of nitrogens with one attached hydrogen (secondary N) is 1. The Balaban J connectivity index is 1.60. The molecule has 3 fully saturated rings. The summed E-state index contributed by atoms with van der Waals surface area (Å²) in [5.41, 5.74) is 1.31. The number of benzene rings is 2. The second kappa shape index (κ2) is 7.62. The SMILES string of the molecule is COC(=O)[C@H]1N[C@@H](c2ccc(Br)cc2)[C@@H]2[C@@H]3C=C[C@]2([C@H]2C(=O)N(C)C(=O)[C@@H]32)[C@H]1c1ccccc1. The lowest BCUT2D eigenvalue weighted by Gasteiger charge is -2.52. The molecule has 2 amide bonds. The van der Waals surface area contributed by atoms with E-state index < -0.39 is 23.3 Å². The van der Waals surface area contributed by atoms with Crippen molar-refractivity contribution in [2.75, 3.05) is 14.2 Å². The maximum absolute atomic E-state index is 13.6. The smallest absolute Gasteiger partial charge is 0.323 e. The number of nitrogens with zero attached hydrogens (tertiary/aromatic N) is 1. The summed E-state index contributed by atoms with van der Waals surface area (Å²) in [6.07, 6.45) is 4.27. The van der Waals surface area contributed by atoms with E-state index in [-0.39, 0.29) is 41.6 Å². The lowest BCUT2D eigenvalue weighted by molar-refractivity contribution is -0.150. The van der Waals surface area contributed by atoms with Crippen molar-refractivity contribution in [3.05, 3.63) is 82.3 Å². The molecule has 1 N–H and O–H groups in total. The van der Waals surface area contributed by atoms with Crippen LogP contribution in [0.25, 0.3) is 0 Å². The summed E-state index contributed by atoms with van der Waals surface area (Å²) in [4.78, 5) is 41.4. The Labute approximate surface area is 206 Å². The van der Waals surface area contributed by atoms with Crippen LogP contribution < -0.4 is 5.32 Å². The highest BCUT2D eigenvalue weighted by Gasteiger charge is 2.76. The maximum atomic E-state index is 13.6. The van der Waals surface area contributed by atoms with Crippen LogP contribution >= 0.6 is 15.9 Å². The van der Waals surface area contributed by atoms with E-state index in [0.29, 0.717) is 0 Å². The molecular weight excluding hydrogens is 496 g/mol. The molecule has 2 aromatic rings. The standard InChI is InChI=1S/C27H25BrN2O4/c1-30-24(31)18-17-12-13-27(21(18)25(30)32)19(14-6-4-3-5-7-14)23(26(33)34-2)29-22(20(17)27)15-8-10-16(28)11-9-15/h3-13,17-23,29H,1-2H3/t17-,18+,19+,20+,21-,22+,23+,27+/m1/s1. The number of allylic oxidation sites excluding steroid dienone is 2. The van der Waals surface area contributed by atoms with E-state index in [4.69, 9.17) is 4.74 Å². The van der Waals surface area contributed by atoms with E-state index >= 15 is 0 Å². The first kappa shape index (κ1) is 21.7. The Bertz CT molecular complexity index is 1210. The number of likely N-dealkylation sites (tertiary alicyclic amines) is 1. The van der Waals surface area contributed by atoms with Gasteiger partial charge >= 0.3 is 5.97 Å². The second-order valence-corrected chi connectivity index (χ2v) is 10.7. The molecule has 2 aliphatic heterocycles. The second-order valence-electron chi connectivity index (χ2n) is 9.79. The van der Waals surface area contributed by atoms with Crippen LogP contribution in [-0.2, 0) is 19.1 Å². The fraction of sp³-hybridized carbons (Fsp3) is 0.370. The van der Waals surface area contributed by atoms with Gasteiger partial charge in [0.05, 0.1) is 18.9 Å². The van der Waals surface area contributed by atoms with Crippen molar-refractivity contribution >= 4 is 33.7 Å². The minimum absolute atomic E-state index is 0.0450. The lowest BCUT2D eigenvalue weighted by atomic mass is 9.55. The Morgan fingerprint density at radius 1 is 1.00 bits per heavy atom. The summed E-state index contributed by atoms with van der Waals surface area (Å²) >= 11 is 3.51. The molecule has 2 aliphatic carbocycles. The minimum Gasteiger partial charge on any atom is -0.468 e. The van der Waals surface area contributed by atoms with Crippen molar-refractivity contribution < 1.29 is 19.1 Å². The topological polar surface area (TPSA) is 75.7 Å². The molecule has 0 spiro atoms. The summed E-state index contributed by atoms with van der Waals surface area (Å²) < 4.78 is 6.24. The molecule has 2 aromatic carbocycles. The quantitative estimate of drug-likeness (QED) is 0.381. The number of amides is 2. The molecule has 2 bridgehead atoms. The number of esters is 1. The van der Waals surface area contributed by atoms with Gasteiger partial charge in [-0.1, -0.05) is 70.5 Å². The van der Waals surface area contributed by atoms with E-state index in [0.717, 1.165) is 15.6 Å². The van der Waals surface area contributed by atoms with Gasteiger partial charge in [-0.05, 0) is 35.1 Å². The third kappa shape index (κ3) is 2.68. The number of hydrogen-bond donors (Lipinski definition) is 1. The van der Waals surface area contributed by atoms with Crippen LogP contribution in [-0.4, -0.2) is 42.9 Å². The molecule has 2 heterocycles. The van der Waals surface area contributed by atoms with Gasteiger partial charge < -0.3 is 4.74 Å². The molecule has 7 heteroatoms. The number of methoxy groups -OCH3 is 1. The van der Waals surface area contributed by atoms with Gasteiger partial charge in [-0.15, -0.1) is 0 Å². The average Bonchev–Trinajstić information content (AvgIpc) is 3.46. The number of carbonyl (C=O) groups is 3. The fourth-order valence-electron chi connectivity index (χ4n) is 7.39. The molecule has 2 saturated heterocycles. The first-order valence-electron chi connectivity index (χ1n) is 11.5.